The molecule has 0 saturated carbocycles. The predicted molar refractivity (Wildman–Crippen MR) is 102 cm³/mol. The van der Waals surface area contributed by atoms with E-state index < -0.39 is 0 Å². The van der Waals surface area contributed by atoms with Crippen molar-refractivity contribution in [3.05, 3.63) is 54.3 Å². The van der Waals surface area contributed by atoms with E-state index in [4.69, 9.17) is 0 Å². The maximum atomic E-state index is 12.1. The molecule has 4 aromatic rings. The van der Waals surface area contributed by atoms with Gasteiger partial charge in [0.15, 0.2) is 10.3 Å². The second-order valence-electron chi connectivity index (χ2n) is 5.24. The molecular weight excluding hydrogens is 370 g/mol. The van der Waals surface area contributed by atoms with Gasteiger partial charge in [0.2, 0.25) is 0 Å². The van der Waals surface area contributed by atoms with Crippen LogP contribution in [0.2, 0.25) is 0 Å². The van der Waals surface area contributed by atoms with Crippen molar-refractivity contribution in [2.75, 3.05) is 10.6 Å². The summed E-state index contributed by atoms with van der Waals surface area (Å²) >= 11 is 2.88. The van der Waals surface area contributed by atoms with Gasteiger partial charge in [-0.05, 0) is 19.1 Å². The summed E-state index contributed by atoms with van der Waals surface area (Å²) < 4.78 is 1.36. The van der Waals surface area contributed by atoms with E-state index in [1.807, 2.05) is 24.4 Å². The van der Waals surface area contributed by atoms with Gasteiger partial charge in [-0.3, -0.25) is 14.9 Å². The molecular formula is C16H13N7OS2. The largest absolute Gasteiger partial charge is 0.333 e. The molecule has 1 amide bonds. The number of rotatable bonds is 4. The molecule has 0 aliphatic carbocycles. The standard InChI is InChI=1S/C16H13N7OS2/c1-10-13(26-15(19-10)22-16(24)23-6-5-18-9-23)12-8-25-14(21-12)20-11-3-2-4-17-7-11/h2-9H,1H3,(H,20,21)(H,19,22,24). The molecule has 0 saturated heterocycles. The van der Waals surface area contributed by atoms with Crippen molar-refractivity contribution in [1.29, 1.82) is 0 Å². The molecule has 0 atom stereocenters. The average molecular weight is 383 g/mol. The second-order valence-corrected chi connectivity index (χ2v) is 7.10. The zero-order chi connectivity index (χ0) is 17.9. The Labute approximate surface area is 156 Å². The SMILES string of the molecule is Cc1nc(NC(=O)n2ccnc2)sc1-c1csc(Nc2cccnc2)n1. The van der Waals surface area contributed by atoms with Gasteiger partial charge in [-0.2, -0.15) is 0 Å². The number of hydrogen-bond acceptors (Lipinski definition) is 8. The minimum Gasteiger partial charge on any atom is -0.330 e. The van der Waals surface area contributed by atoms with Gasteiger partial charge < -0.3 is 5.32 Å². The number of pyridine rings is 1. The van der Waals surface area contributed by atoms with Crippen LogP contribution < -0.4 is 10.6 Å². The van der Waals surface area contributed by atoms with Crippen LogP contribution in [0.5, 0.6) is 0 Å². The zero-order valence-corrected chi connectivity index (χ0v) is 15.2. The topological polar surface area (TPSA) is 97.6 Å². The molecule has 4 aromatic heterocycles. The van der Waals surface area contributed by atoms with Crippen molar-refractivity contribution >= 4 is 44.7 Å². The third kappa shape index (κ3) is 3.46. The van der Waals surface area contributed by atoms with Crippen LogP contribution in [0.25, 0.3) is 10.6 Å². The van der Waals surface area contributed by atoms with Gasteiger partial charge in [0.1, 0.15) is 6.33 Å². The molecule has 0 unspecified atom stereocenters. The molecule has 130 valence electrons. The molecule has 0 bridgehead atoms. The lowest BCUT2D eigenvalue weighted by Gasteiger charge is -2.00. The number of anilines is 3. The van der Waals surface area contributed by atoms with Gasteiger partial charge in [0.25, 0.3) is 0 Å². The van der Waals surface area contributed by atoms with Crippen molar-refractivity contribution in [3.63, 3.8) is 0 Å². The highest BCUT2D eigenvalue weighted by Gasteiger charge is 2.15. The average Bonchev–Trinajstić information content (AvgIpc) is 3.37. The number of aryl methyl sites for hydroxylation is 1. The highest BCUT2D eigenvalue weighted by molar-refractivity contribution is 7.20. The fourth-order valence-corrected chi connectivity index (χ4v) is 3.93. The Morgan fingerprint density at radius 3 is 2.88 bits per heavy atom. The number of carbonyl (C=O) groups is 1. The van der Waals surface area contributed by atoms with E-state index in [1.165, 1.54) is 33.6 Å². The van der Waals surface area contributed by atoms with Gasteiger partial charge in [-0.1, -0.05) is 11.3 Å². The maximum absolute atomic E-state index is 12.1. The third-order valence-corrected chi connectivity index (χ3v) is 5.25. The Morgan fingerprint density at radius 2 is 2.12 bits per heavy atom. The summed E-state index contributed by atoms with van der Waals surface area (Å²) in [5.74, 6) is 0. The summed E-state index contributed by atoms with van der Waals surface area (Å²) in [6.45, 7) is 1.90. The minimum absolute atomic E-state index is 0.306. The molecule has 0 fully saturated rings. The summed E-state index contributed by atoms with van der Waals surface area (Å²) in [6.07, 6.45) is 8.02. The molecule has 0 aliphatic rings. The molecule has 0 radical (unpaired) electrons. The van der Waals surface area contributed by atoms with E-state index in [2.05, 4.69) is 30.6 Å². The van der Waals surface area contributed by atoms with Gasteiger partial charge in [0, 0.05) is 24.0 Å². The molecule has 4 rings (SSSR count). The Kier molecular flexibility index (Phi) is 4.42. The lowest BCUT2D eigenvalue weighted by atomic mass is 10.3. The van der Waals surface area contributed by atoms with E-state index in [-0.39, 0.29) is 6.03 Å². The van der Waals surface area contributed by atoms with E-state index in [0.29, 0.717) is 5.13 Å². The van der Waals surface area contributed by atoms with Gasteiger partial charge >= 0.3 is 6.03 Å². The minimum atomic E-state index is -0.306. The summed E-state index contributed by atoms with van der Waals surface area (Å²) in [5, 5.41) is 9.23. The fourth-order valence-electron chi connectivity index (χ4n) is 2.22. The fraction of sp³-hybridized carbons (Fsp3) is 0.0625. The Balaban J connectivity index is 1.51. The number of nitrogens with zero attached hydrogens (tertiary/aromatic N) is 5. The van der Waals surface area contributed by atoms with Crippen molar-refractivity contribution in [2.24, 2.45) is 0 Å². The Morgan fingerprint density at radius 1 is 1.19 bits per heavy atom. The molecule has 0 aromatic carbocycles. The monoisotopic (exact) mass is 383 g/mol. The number of imidazole rings is 1. The molecule has 2 N–H and O–H groups in total. The van der Waals surface area contributed by atoms with Gasteiger partial charge in [0.05, 0.1) is 28.1 Å². The van der Waals surface area contributed by atoms with Crippen molar-refractivity contribution in [3.8, 4) is 10.6 Å². The van der Waals surface area contributed by atoms with E-state index in [1.54, 1.807) is 24.8 Å². The van der Waals surface area contributed by atoms with E-state index in [0.717, 1.165) is 27.1 Å². The second kappa shape index (κ2) is 7.02. The van der Waals surface area contributed by atoms with E-state index in [9.17, 15) is 4.79 Å². The van der Waals surface area contributed by atoms with Crippen LogP contribution in [0.1, 0.15) is 5.69 Å². The molecule has 0 spiro atoms. The van der Waals surface area contributed by atoms with Crippen LogP contribution in [0, 0.1) is 6.92 Å². The summed E-state index contributed by atoms with van der Waals surface area (Å²) in [5.41, 5.74) is 2.51. The summed E-state index contributed by atoms with van der Waals surface area (Å²) in [7, 11) is 0. The maximum Gasteiger partial charge on any atom is 0.333 e. The van der Waals surface area contributed by atoms with Crippen LogP contribution in [-0.4, -0.2) is 30.5 Å². The van der Waals surface area contributed by atoms with Crippen molar-refractivity contribution in [2.45, 2.75) is 6.92 Å². The molecule has 0 aliphatic heterocycles. The smallest absolute Gasteiger partial charge is 0.330 e. The number of aromatic nitrogens is 5. The van der Waals surface area contributed by atoms with Crippen LogP contribution in [0.4, 0.5) is 20.7 Å². The Hall–Kier alpha value is -3.11. The van der Waals surface area contributed by atoms with Crippen molar-refractivity contribution in [1.82, 2.24) is 24.5 Å². The number of thiazole rings is 2. The highest BCUT2D eigenvalue weighted by Crippen LogP contribution is 2.35. The lowest BCUT2D eigenvalue weighted by Crippen LogP contribution is -2.17. The van der Waals surface area contributed by atoms with Crippen LogP contribution in [0.15, 0.2) is 48.6 Å². The zero-order valence-electron chi connectivity index (χ0n) is 13.6. The highest BCUT2D eigenvalue weighted by atomic mass is 32.1. The quantitative estimate of drug-likeness (QED) is 0.553. The number of hydrogen-bond donors (Lipinski definition) is 2. The lowest BCUT2D eigenvalue weighted by molar-refractivity contribution is 0.253. The normalized spacial score (nSPS) is 10.7. The van der Waals surface area contributed by atoms with Crippen LogP contribution in [-0.2, 0) is 0 Å². The van der Waals surface area contributed by atoms with Crippen molar-refractivity contribution < 1.29 is 4.79 Å². The third-order valence-electron chi connectivity index (χ3n) is 3.40. The van der Waals surface area contributed by atoms with E-state index >= 15 is 0 Å². The van der Waals surface area contributed by atoms with Gasteiger partial charge in [-0.25, -0.2) is 19.7 Å². The molecule has 8 nitrogen and oxygen atoms in total. The van der Waals surface area contributed by atoms with Gasteiger partial charge in [-0.15, -0.1) is 11.3 Å². The van der Waals surface area contributed by atoms with Crippen LogP contribution >= 0.6 is 22.7 Å². The first kappa shape index (κ1) is 16.4. The first-order valence-corrected chi connectivity index (χ1v) is 9.28. The first-order valence-electron chi connectivity index (χ1n) is 7.59. The first-order chi connectivity index (χ1) is 12.7. The summed E-state index contributed by atoms with van der Waals surface area (Å²) in [6, 6.07) is 3.48. The van der Waals surface area contributed by atoms with Crippen LogP contribution in [0.3, 0.4) is 0 Å². The number of nitrogens with one attached hydrogen (secondary N) is 2. The molecule has 10 heteroatoms. The number of amides is 1. The predicted octanol–water partition coefficient (Wildman–Crippen LogP) is 3.99. The number of carbonyl (C=O) groups excluding carboxylic acids is 1. The summed E-state index contributed by atoms with van der Waals surface area (Å²) in [4.78, 5) is 30.0. The molecule has 4 heterocycles. The Bertz CT molecular complexity index is 1020. The molecule has 26 heavy (non-hydrogen) atoms.